The molecule has 0 spiro atoms. The first kappa shape index (κ1) is 20.7. The van der Waals surface area contributed by atoms with Crippen LogP contribution in [0.25, 0.3) is 0 Å². The van der Waals surface area contributed by atoms with E-state index in [9.17, 15) is 4.79 Å². The zero-order valence-electron chi connectivity index (χ0n) is 14.3. The summed E-state index contributed by atoms with van der Waals surface area (Å²) in [6.07, 6.45) is 26.3. The maximum absolute atomic E-state index is 10.3. The first-order chi connectivity index (χ1) is 10.8. The predicted molar refractivity (Wildman–Crippen MR) is 96.1 cm³/mol. The Morgan fingerprint density at radius 1 is 0.727 bits per heavy atom. The first-order valence-corrected chi connectivity index (χ1v) is 8.94. The molecule has 1 N–H and O–H groups in total. The van der Waals surface area contributed by atoms with Crippen LogP contribution in [0.2, 0.25) is 0 Å². The predicted octanol–water partition coefficient (Wildman–Crippen LogP) is 6.44. The highest BCUT2D eigenvalue weighted by Crippen LogP contribution is 2.08. The van der Waals surface area contributed by atoms with Crippen molar-refractivity contribution in [1.82, 2.24) is 0 Å². The average Bonchev–Trinajstić information content (AvgIpc) is 2.50. The normalized spacial score (nSPS) is 12.0. The van der Waals surface area contributed by atoms with Gasteiger partial charge in [-0.15, -0.1) is 0 Å². The lowest BCUT2D eigenvalue weighted by molar-refractivity contribution is -0.137. The van der Waals surface area contributed by atoms with Crippen LogP contribution in [0, 0.1) is 0 Å². The van der Waals surface area contributed by atoms with Gasteiger partial charge in [0.05, 0.1) is 0 Å². The van der Waals surface area contributed by atoms with Crippen LogP contribution in [0.4, 0.5) is 0 Å². The van der Waals surface area contributed by atoms with Crippen molar-refractivity contribution in [2.24, 2.45) is 0 Å². The minimum atomic E-state index is -0.684. The Labute approximate surface area is 137 Å². The van der Waals surface area contributed by atoms with Gasteiger partial charge < -0.3 is 5.11 Å². The Hall–Kier alpha value is -1.31. The number of unbranched alkanes of at least 4 members (excludes halogenated alkanes) is 7. The maximum atomic E-state index is 10.3. The maximum Gasteiger partial charge on any atom is 0.303 e. The molecule has 126 valence electrons. The minimum absolute atomic E-state index is 0.303. The van der Waals surface area contributed by atoms with E-state index in [0.717, 1.165) is 38.5 Å². The molecule has 0 aromatic heterocycles. The van der Waals surface area contributed by atoms with E-state index in [1.54, 1.807) is 0 Å². The van der Waals surface area contributed by atoms with Crippen LogP contribution < -0.4 is 0 Å². The molecule has 0 unspecified atom stereocenters. The molecular weight excluding hydrogens is 272 g/mol. The summed E-state index contributed by atoms with van der Waals surface area (Å²) in [7, 11) is 0. The molecule has 0 amide bonds. The quantitative estimate of drug-likeness (QED) is 0.279. The van der Waals surface area contributed by atoms with Gasteiger partial charge in [0.15, 0.2) is 0 Å². The van der Waals surface area contributed by atoms with Crippen LogP contribution in [0.5, 0.6) is 0 Å². The summed E-state index contributed by atoms with van der Waals surface area (Å²) >= 11 is 0. The molecule has 0 atom stereocenters. The second kappa shape index (κ2) is 17.7. The van der Waals surface area contributed by atoms with Gasteiger partial charge in [-0.05, 0) is 57.8 Å². The van der Waals surface area contributed by atoms with Crippen LogP contribution >= 0.6 is 0 Å². The van der Waals surface area contributed by atoms with Gasteiger partial charge in [-0.2, -0.15) is 0 Å². The number of hydrogen-bond donors (Lipinski definition) is 1. The second-order valence-corrected chi connectivity index (χ2v) is 5.69. The van der Waals surface area contributed by atoms with Crippen LogP contribution in [-0.4, -0.2) is 11.1 Å². The van der Waals surface area contributed by atoms with E-state index in [4.69, 9.17) is 5.11 Å². The van der Waals surface area contributed by atoms with E-state index in [-0.39, 0.29) is 0 Å². The van der Waals surface area contributed by atoms with Crippen molar-refractivity contribution in [3.8, 4) is 0 Å². The van der Waals surface area contributed by atoms with E-state index in [2.05, 4.69) is 43.4 Å². The molecule has 22 heavy (non-hydrogen) atoms. The van der Waals surface area contributed by atoms with Crippen molar-refractivity contribution in [2.45, 2.75) is 84.0 Å². The fourth-order valence-electron chi connectivity index (χ4n) is 2.21. The number of carboxylic acids is 1. The standard InChI is InChI=1S/C20H34O2/c1-2-3-4-5-6-7-8-9-10-11-12-13-14-15-16-17-18-19-20(21)22/h3-4,6-7,14-15H,2,5,8-13,16-19H2,1H3,(H,21,22)/b4-3+,7-6+,15-14+. The van der Waals surface area contributed by atoms with Crippen molar-refractivity contribution in [2.75, 3.05) is 0 Å². The molecular formula is C20H34O2. The molecule has 2 nitrogen and oxygen atoms in total. The van der Waals surface area contributed by atoms with E-state index in [0.29, 0.717) is 6.42 Å². The van der Waals surface area contributed by atoms with Crippen molar-refractivity contribution in [1.29, 1.82) is 0 Å². The molecule has 0 aliphatic rings. The lowest BCUT2D eigenvalue weighted by atomic mass is 10.1. The van der Waals surface area contributed by atoms with Gasteiger partial charge >= 0.3 is 5.97 Å². The molecule has 0 radical (unpaired) electrons. The van der Waals surface area contributed by atoms with Gasteiger partial charge in [0.25, 0.3) is 0 Å². The Balaban J connectivity index is 3.19. The van der Waals surface area contributed by atoms with Crippen molar-refractivity contribution in [3.05, 3.63) is 36.5 Å². The van der Waals surface area contributed by atoms with Gasteiger partial charge in [0.1, 0.15) is 0 Å². The molecule has 0 saturated heterocycles. The SMILES string of the molecule is CC/C=C/C/C=C/CCCCCC/C=C/CCCCC(=O)O. The average molecular weight is 306 g/mol. The summed E-state index contributed by atoms with van der Waals surface area (Å²) in [4.78, 5) is 10.3. The summed E-state index contributed by atoms with van der Waals surface area (Å²) in [5, 5.41) is 8.51. The van der Waals surface area contributed by atoms with E-state index < -0.39 is 5.97 Å². The number of rotatable bonds is 15. The summed E-state index contributed by atoms with van der Waals surface area (Å²) in [5.41, 5.74) is 0. The van der Waals surface area contributed by atoms with Gasteiger partial charge in [-0.25, -0.2) is 0 Å². The van der Waals surface area contributed by atoms with Gasteiger partial charge in [0.2, 0.25) is 0 Å². The highest BCUT2D eigenvalue weighted by molar-refractivity contribution is 5.66. The van der Waals surface area contributed by atoms with Gasteiger partial charge in [0, 0.05) is 6.42 Å². The Bertz CT molecular complexity index is 327. The van der Waals surface area contributed by atoms with Crippen molar-refractivity contribution < 1.29 is 9.90 Å². The Kier molecular flexibility index (Phi) is 16.7. The third-order valence-electron chi connectivity index (χ3n) is 3.51. The van der Waals surface area contributed by atoms with Gasteiger partial charge in [-0.1, -0.05) is 56.2 Å². The summed E-state index contributed by atoms with van der Waals surface area (Å²) < 4.78 is 0. The molecule has 0 saturated carbocycles. The topological polar surface area (TPSA) is 37.3 Å². The zero-order chi connectivity index (χ0) is 16.3. The lowest BCUT2D eigenvalue weighted by Crippen LogP contribution is -1.92. The second-order valence-electron chi connectivity index (χ2n) is 5.69. The molecule has 0 aliphatic heterocycles. The number of allylic oxidation sites excluding steroid dienone is 6. The van der Waals surface area contributed by atoms with Crippen LogP contribution in [0.3, 0.4) is 0 Å². The molecule has 0 fully saturated rings. The first-order valence-electron chi connectivity index (χ1n) is 8.94. The summed E-state index contributed by atoms with van der Waals surface area (Å²) in [5.74, 6) is -0.684. The summed E-state index contributed by atoms with van der Waals surface area (Å²) in [6, 6.07) is 0. The Morgan fingerprint density at radius 2 is 1.23 bits per heavy atom. The highest BCUT2D eigenvalue weighted by Gasteiger charge is 1.94. The van der Waals surface area contributed by atoms with Crippen LogP contribution in [0.1, 0.15) is 84.0 Å². The molecule has 2 heteroatoms. The molecule has 0 heterocycles. The summed E-state index contributed by atoms with van der Waals surface area (Å²) in [6.45, 7) is 2.16. The third-order valence-corrected chi connectivity index (χ3v) is 3.51. The lowest BCUT2D eigenvalue weighted by Gasteiger charge is -1.97. The van der Waals surface area contributed by atoms with Crippen LogP contribution in [0.15, 0.2) is 36.5 Å². The number of aliphatic carboxylic acids is 1. The van der Waals surface area contributed by atoms with Crippen molar-refractivity contribution >= 4 is 5.97 Å². The highest BCUT2D eigenvalue weighted by atomic mass is 16.4. The van der Waals surface area contributed by atoms with E-state index in [1.807, 2.05) is 0 Å². The molecule has 0 bridgehead atoms. The Morgan fingerprint density at radius 3 is 1.77 bits per heavy atom. The van der Waals surface area contributed by atoms with Gasteiger partial charge in [-0.3, -0.25) is 4.79 Å². The monoisotopic (exact) mass is 306 g/mol. The molecule has 0 aliphatic carbocycles. The zero-order valence-corrected chi connectivity index (χ0v) is 14.3. The third kappa shape index (κ3) is 18.7. The van der Waals surface area contributed by atoms with E-state index in [1.165, 1.54) is 32.1 Å². The molecule has 0 aromatic rings. The smallest absolute Gasteiger partial charge is 0.303 e. The number of carboxylic acid groups (broad SMARTS) is 1. The molecule has 0 rings (SSSR count). The van der Waals surface area contributed by atoms with Crippen LogP contribution in [-0.2, 0) is 4.79 Å². The largest absolute Gasteiger partial charge is 0.481 e. The minimum Gasteiger partial charge on any atom is -0.481 e. The van der Waals surface area contributed by atoms with E-state index >= 15 is 0 Å². The number of hydrogen-bond acceptors (Lipinski definition) is 1. The fourth-order valence-corrected chi connectivity index (χ4v) is 2.21. The van der Waals surface area contributed by atoms with Crippen molar-refractivity contribution in [3.63, 3.8) is 0 Å². The number of carbonyl (C=O) groups is 1. The fraction of sp³-hybridized carbons (Fsp3) is 0.650. The molecule has 0 aromatic carbocycles.